The van der Waals surface area contributed by atoms with Gasteiger partial charge >= 0.3 is 6.00 Å². The third-order valence-electron chi connectivity index (χ3n) is 0.731. The summed E-state index contributed by atoms with van der Waals surface area (Å²) in [5.41, 5.74) is 0.150. The second-order valence-electron chi connectivity index (χ2n) is 3.35. The molecule has 0 atom stereocenters. The SMILES string of the molecule is CC(C)(C)C[Si](Cl)(Cl)Cl. The molecule has 0 amide bonds. The Morgan fingerprint density at radius 2 is 1.44 bits per heavy atom. The summed E-state index contributed by atoms with van der Waals surface area (Å²) in [6.45, 7) is 6.21. The van der Waals surface area contributed by atoms with Gasteiger partial charge in [0.15, 0.2) is 0 Å². The molecular weight excluding hydrogens is 194 g/mol. The first-order valence-corrected chi connectivity index (χ1v) is 8.02. The molecular formula is C5H11Cl3Si. The van der Waals surface area contributed by atoms with Gasteiger partial charge in [-0.05, 0) is 11.5 Å². The van der Waals surface area contributed by atoms with Crippen molar-refractivity contribution >= 4 is 39.2 Å². The Hall–Kier alpha value is 1.09. The van der Waals surface area contributed by atoms with Crippen LogP contribution in [0.1, 0.15) is 20.8 Å². The van der Waals surface area contributed by atoms with Crippen molar-refractivity contribution in [1.82, 2.24) is 0 Å². The smallest absolute Gasteiger partial charge is 0.126 e. The summed E-state index contributed by atoms with van der Waals surface area (Å²) in [5, 5.41) is 0. The molecule has 0 aliphatic carbocycles. The molecule has 0 aromatic carbocycles. The van der Waals surface area contributed by atoms with Gasteiger partial charge in [-0.2, -0.15) is 0 Å². The minimum Gasteiger partial charge on any atom is -0.126 e. The van der Waals surface area contributed by atoms with Gasteiger partial charge in [-0.3, -0.25) is 0 Å². The molecule has 0 aliphatic rings. The maximum Gasteiger partial charge on any atom is 0.341 e. The van der Waals surface area contributed by atoms with Crippen LogP contribution in [0.3, 0.4) is 0 Å². The summed E-state index contributed by atoms with van der Waals surface area (Å²) in [4.78, 5) is 0. The van der Waals surface area contributed by atoms with Crippen molar-refractivity contribution in [2.75, 3.05) is 0 Å². The van der Waals surface area contributed by atoms with Crippen LogP contribution in [-0.2, 0) is 0 Å². The minimum absolute atomic E-state index is 0.150. The molecule has 4 heteroatoms. The van der Waals surface area contributed by atoms with Crippen molar-refractivity contribution in [3.63, 3.8) is 0 Å². The van der Waals surface area contributed by atoms with Gasteiger partial charge in [-0.15, -0.1) is 33.2 Å². The average Bonchev–Trinajstić information content (AvgIpc) is 1.14. The topological polar surface area (TPSA) is 0 Å². The molecule has 0 unspecified atom stereocenters. The monoisotopic (exact) mass is 204 g/mol. The normalized spacial score (nSPS) is 14.0. The zero-order valence-corrected chi connectivity index (χ0v) is 9.11. The van der Waals surface area contributed by atoms with Gasteiger partial charge in [0.25, 0.3) is 0 Å². The summed E-state index contributed by atoms with van der Waals surface area (Å²) >= 11 is 17.1. The van der Waals surface area contributed by atoms with Crippen molar-refractivity contribution < 1.29 is 0 Å². The van der Waals surface area contributed by atoms with E-state index in [0.717, 1.165) is 6.04 Å². The van der Waals surface area contributed by atoms with Gasteiger partial charge in [0, 0.05) is 0 Å². The fraction of sp³-hybridized carbons (Fsp3) is 1.00. The Kier molecular flexibility index (Phi) is 3.36. The molecule has 0 heterocycles. The molecule has 0 spiro atoms. The fourth-order valence-electron chi connectivity index (χ4n) is 0.601. The van der Waals surface area contributed by atoms with E-state index >= 15 is 0 Å². The summed E-state index contributed by atoms with van der Waals surface area (Å²) < 4.78 is 0. The van der Waals surface area contributed by atoms with Gasteiger partial charge in [0.05, 0.1) is 0 Å². The largest absolute Gasteiger partial charge is 0.341 e. The highest BCUT2D eigenvalue weighted by atomic mass is 35.8. The van der Waals surface area contributed by atoms with E-state index in [1.165, 1.54) is 0 Å². The maximum atomic E-state index is 5.69. The highest BCUT2D eigenvalue weighted by molar-refractivity contribution is 7.64. The minimum atomic E-state index is -2.38. The zero-order chi connectivity index (χ0) is 7.71. The van der Waals surface area contributed by atoms with Gasteiger partial charge < -0.3 is 0 Å². The molecule has 0 fully saturated rings. The van der Waals surface area contributed by atoms with Crippen LogP contribution in [0.2, 0.25) is 6.04 Å². The van der Waals surface area contributed by atoms with Crippen LogP contribution in [0, 0.1) is 5.41 Å². The molecule has 0 saturated heterocycles. The van der Waals surface area contributed by atoms with Crippen molar-refractivity contribution in [3.05, 3.63) is 0 Å². The second-order valence-corrected chi connectivity index (χ2v) is 12.5. The van der Waals surface area contributed by atoms with E-state index in [2.05, 4.69) is 20.8 Å². The maximum absolute atomic E-state index is 5.69. The van der Waals surface area contributed by atoms with Gasteiger partial charge in [-0.25, -0.2) is 0 Å². The van der Waals surface area contributed by atoms with E-state index in [0.29, 0.717) is 0 Å². The van der Waals surface area contributed by atoms with Crippen LogP contribution in [0.25, 0.3) is 0 Å². The third kappa shape index (κ3) is 9.09. The first-order chi connectivity index (χ1) is 3.71. The standard InChI is InChI=1S/C5H11Cl3Si/c1-5(2,3)4-9(6,7)8/h4H2,1-3H3. The van der Waals surface area contributed by atoms with Crippen LogP contribution >= 0.6 is 33.2 Å². The number of hydrogen-bond acceptors (Lipinski definition) is 0. The zero-order valence-electron chi connectivity index (χ0n) is 5.84. The Balaban J connectivity index is 3.75. The Bertz CT molecular complexity index is 77.4. The third-order valence-corrected chi connectivity index (χ3v) is 3.40. The lowest BCUT2D eigenvalue weighted by Crippen LogP contribution is -2.19. The molecule has 0 bridgehead atoms. The van der Waals surface area contributed by atoms with Crippen LogP contribution in [-0.4, -0.2) is 6.00 Å². The summed E-state index contributed by atoms with van der Waals surface area (Å²) in [5.74, 6) is 0. The Morgan fingerprint density at radius 3 is 1.44 bits per heavy atom. The summed E-state index contributed by atoms with van der Waals surface area (Å²) in [6.07, 6.45) is 0. The number of rotatable bonds is 1. The molecule has 0 aromatic heterocycles. The first-order valence-electron chi connectivity index (χ1n) is 2.77. The molecule has 0 rings (SSSR count). The first kappa shape index (κ1) is 10.1. The Morgan fingerprint density at radius 1 is 1.11 bits per heavy atom. The summed E-state index contributed by atoms with van der Waals surface area (Å²) in [7, 11) is 0. The molecule has 0 N–H and O–H groups in total. The predicted molar refractivity (Wildman–Crippen MR) is 47.6 cm³/mol. The average molecular weight is 206 g/mol. The van der Waals surface area contributed by atoms with E-state index < -0.39 is 6.00 Å². The van der Waals surface area contributed by atoms with Gasteiger partial charge in [0.1, 0.15) is 0 Å². The van der Waals surface area contributed by atoms with E-state index in [1.54, 1.807) is 0 Å². The van der Waals surface area contributed by atoms with Crippen molar-refractivity contribution in [2.45, 2.75) is 26.8 Å². The number of hydrogen-bond donors (Lipinski definition) is 0. The Labute approximate surface area is 71.6 Å². The highest BCUT2D eigenvalue weighted by Crippen LogP contribution is 2.35. The molecule has 0 nitrogen and oxygen atoms in total. The molecule has 0 saturated carbocycles. The van der Waals surface area contributed by atoms with Crippen LogP contribution in [0.4, 0.5) is 0 Å². The predicted octanol–water partition coefficient (Wildman–Crippen LogP) is 3.69. The van der Waals surface area contributed by atoms with Crippen molar-refractivity contribution in [3.8, 4) is 0 Å². The van der Waals surface area contributed by atoms with E-state index in [4.69, 9.17) is 33.2 Å². The molecule has 0 aromatic rings. The lowest BCUT2D eigenvalue weighted by atomic mass is 10.0. The van der Waals surface area contributed by atoms with Gasteiger partial charge in [-0.1, -0.05) is 20.8 Å². The van der Waals surface area contributed by atoms with Crippen LogP contribution in [0.5, 0.6) is 0 Å². The van der Waals surface area contributed by atoms with Crippen LogP contribution in [0.15, 0.2) is 0 Å². The number of halogens is 3. The van der Waals surface area contributed by atoms with Crippen molar-refractivity contribution in [1.29, 1.82) is 0 Å². The van der Waals surface area contributed by atoms with Crippen molar-refractivity contribution in [2.24, 2.45) is 5.41 Å². The lowest BCUT2D eigenvalue weighted by molar-refractivity contribution is 0.467. The summed E-state index contributed by atoms with van der Waals surface area (Å²) in [6, 6.07) is -1.65. The van der Waals surface area contributed by atoms with E-state index in [9.17, 15) is 0 Å². The van der Waals surface area contributed by atoms with E-state index in [1.807, 2.05) is 0 Å². The molecule has 9 heavy (non-hydrogen) atoms. The molecule has 56 valence electrons. The lowest BCUT2D eigenvalue weighted by Gasteiger charge is -2.21. The highest BCUT2D eigenvalue weighted by Gasteiger charge is 2.31. The fourth-order valence-corrected chi connectivity index (χ4v) is 5.41. The molecule has 0 radical (unpaired) electrons. The van der Waals surface area contributed by atoms with Crippen LogP contribution < -0.4 is 0 Å². The van der Waals surface area contributed by atoms with Gasteiger partial charge in [0.2, 0.25) is 0 Å². The van der Waals surface area contributed by atoms with E-state index in [-0.39, 0.29) is 5.41 Å². The quantitative estimate of drug-likeness (QED) is 0.452. The molecule has 0 aliphatic heterocycles. The second kappa shape index (κ2) is 2.99.